The van der Waals surface area contributed by atoms with Gasteiger partial charge in [0.15, 0.2) is 11.5 Å². The van der Waals surface area contributed by atoms with Crippen LogP contribution >= 0.6 is 11.6 Å². The van der Waals surface area contributed by atoms with Crippen LogP contribution in [-0.4, -0.2) is 54.4 Å². The molecule has 1 fully saturated rings. The van der Waals surface area contributed by atoms with Crippen LogP contribution in [-0.2, 0) is 9.47 Å². The van der Waals surface area contributed by atoms with E-state index in [0.717, 1.165) is 12.8 Å². The van der Waals surface area contributed by atoms with E-state index in [2.05, 4.69) is 5.32 Å². The van der Waals surface area contributed by atoms with Gasteiger partial charge in [0, 0.05) is 36.3 Å². The number of allylic oxidation sites excluding steroid dienone is 2. The number of Topliss-reactive ketones (excluding diaryl/α,β-unsaturated/α-hetero) is 2. The summed E-state index contributed by atoms with van der Waals surface area (Å²) >= 11 is 6.04. The molecule has 2 amide bonds. The molecular formula is C31H35ClN2O6. The molecular weight excluding hydrogens is 532 g/mol. The van der Waals surface area contributed by atoms with Crippen LogP contribution in [0.25, 0.3) is 0 Å². The molecule has 40 heavy (non-hydrogen) atoms. The fourth-order valence-corrected chi connectivity index (χ4v) is 5.31. The van der Waals surface area contributed by atoms with E-state index in [1.54, 1.807) is 52.1 Å². The molecule has 4 rings (SSSR count). The Morgan fingerprint density at radius 1 is 0.925 bits per heavy atom. The lowest BCUT2D eigenvalue weighted by molar-refractivity contribution is 0.0299. The summed E-state index contributed by atoms with van der Waals surface area (Å²) in [6.07, 6.45) is 1.63. The lowest BCUT2D eigenvalue weighted by atomic mass is 9.72. The molecule has 0 atom stereocenters. The molecule has 0 spiro atoms. The summed E-state index contributed by atoms with van der Waals surface area (Å²) < 4.78 is 10.9. The fraction of sp³-hybridized carbons (Fsp3) is 0.419. The van der Waals surface area contributed by atoms with Crippen LogP contribution in [0.4, 0.5) is 9.59 Å². The number of hydrogen-bond donors (Lipinski definition) is 1. The Morgan fingerprint density at radius 2 is 1.50 bits per heavy atom. The van der Waals surface area contributed by atoms with Crippen molar-refractivity contribution in [3.8, 4) is 0 Å². The first-order valence-electron chi connectivity index (χ1n) is 13.5. The first-order chi connectivity index (χ1) is 18.9. The monoisotopic (exact) mass is 566 g/mol. The Labute approximate surface area is 239 Å². The smallest absolute Gasteiger partial charge is 0.412 e. The van der Waals surface area contributed by atoms with Crippen LogP contribution in [0, 0.1) is 5.92 Å². The van der Waals surface area contributed by atoms with Gasteiger partial charge in [0.1, 0.15) is 5.60 Å². The summed E-state index contributed by atoms with van der Waals surface area (Å²) in [7, 11) is 1.56. The number of rotatable bonds is 6. The maximum atomic E-state index is 13.6. The number of ether oxygens (including phenoxy) is 2. The van der Waals surface area contributed by atoms with Crippen molar-refractivity contribution in [1.82, 2.24) is 10.2 Å². The number of carbonyl (C=O) groups is 4. The number of fused-ring (bicyclic) bond motifs is 1. The van der Waals surface area contributed by atoms with Crippen molar-refractivity contribution >= 4 is 35.4 Å². The van der Waals surface area contributed by atoms with Gasteiger partial charge in [0.2, 0.25) is 5.78 Å². The van der Waals surface area contributed by atoms with Crippen molar-refractivity contribution < 1.29 is 28.7 Å². The third kappa shape index (κ3) is 6.91. The summed E-state index contributed by atoms with van der Waals surface area (Å²) in [5, 5.41) is 3.26. The molecule has 0 aliphatic heterocycles. The number of ketones is 2. The number of carbonyl (C=O) groups excluding carboxylic acids is 4. The average Bonchev–Trinajstić information content (AvgIpc) is 2.91. The highest BCUT2D eigenvalue weighted by Gasteiger charge is 2.39. The Bertz CT molecular complexity index is 1320. The number of nitrogens with zero attached hydrogens (tertiary/aromatic N) is 1. The summed E-state index contributed by atoms with van der Waals surface area (Å²) in [6.45, 7) is 5.54. The topological polar surface area (TPSA) is 102 Å². The molecule has 0 unspecified atom stereocenters. The Kier molecular flexibility index (Phi) is 8.98. The predicted molar refractivity (Wildman–Crippen MR) is 152 cm³/mol. The number of benzene rings is 2. The second-order valence-electron chi connectivity index (χ2n) is 11.3. The largest absolute Gasteiger partial charge is 0.444 e. The number of amides is 2. The molecule has 0 bridgehead atoms. The van der Waals surface area contributed by atoms with Crippen molar-refractivity contribution in [1.29, 1.82) is 0 Å². The number of hydrogen-bond acceptors (Lipinski definition) is 6. The second-order valence-corrected chi connectivity index (χ2v) is 11.7. The second kappa shape index (κ2) is 12.3. The third-order valence-corrected chi connectivity index (χ3v) is 7.46. The summed E-state index contributed by atoms with van der Waals surface area (Å²) in [6, 6.07) is 14.4. The molecule has 9 heteroatoms. The molecule has 0 heterocycles. The lowest BCUT2D eigenvalue weighted by Crippen LogP contribution is -2.39. The van der Waals surface area contributed by atoms with Gasteiger partial charge in [-0.25, -0.2) is 9.59 Å². The maximum Gasteiger partial charge on any atom is 0.412 e. The van der Waals surface area contributed by atoms with E-state index in [0.29, 0.717) is 29.3 Å². The van der Waals surface area contributed by atoms with Gasteiger partial charge in [-0.15, -0.1) is 0 Å². The fourth-order valence-electron chi connectivity index (χ4n) is 5.18. The molecule has 2 aromatic rings. The van der Waals surface area contributed by atoms with E-state index >= 15 is 0 Å². The van der Waals surface area contributed by atoms with Gasteiger partial charge in [-0.3, -0.25) is 9.59 Å². The van der Waals surface area contributed by atoms with Crippen LogP contribution in [0.2, 0.25) is 5.02 Å². The van der Waals surface area contributed by atoms with E-state index in [1.807, 2.05) is 24.3 Å². The maximum absolute atomic E-state index is 13.6. The highest BCUT2D eigenvalue weighted by atomic mass is 35.5. The zero-order chi connectivity index (χ0) is 29.0. The highest BCUT2D eigenvalue weighted by Crippen LogP contribution is 2.42. The van der Waals surface area contributed by atoms with Crippen LogP contribution in [0.3, 0.4) is 0 Å². The predicted octanol–water partition coefficient (Wildman–Crippen LogP) is 6.54. The average molecular weight is 567 g/mol. The molecule has 0 saturated heterocycles. The SMILES string of the molecule is CN(CCNC(=O)OC1=C(C2CCC(c3ccc(Cl)cc3)CC2)C(=O)c2ccccc2C1=O)C(=O)OC(C)(C)C. The Balaban J connectivity index is 1.47. The molecule has 8 nitrogen and oxygen atoms in total. The number of likely N-dealkylation sites (N-methyl/N-ethyl adjacent to an activating group) is 1. The Morgan fingerprint density at radius 3 is 2.10 bits per heavy atom. The van der Waals surface area contributed by atoms with Crippen molar-refractivity contribution in [3.63, 3.8) is 0 Å². The van der Waals surface area contributed by atoms with E-state index in [4.69, 9.17) is 21.1 Å². The minimum Gasteiger partial charge on any atom is -0.444 e. The van der Waals surface area contributed by atoms with Crippen molar-refractivity contribution in [3.05, 3.63) is 81.6 Å². The van der Waals surface area contributed by atoms with Crippen LogP contribution in [0.1, 0.15) is 78.7 Å². The molecule has 0 aromatic heterocycles. The Hall–Kier alpha value is -3.65. The van der Waals surface area contributed by atoms with Gasteiger partial charge >= 0.3 is 12.2 Å². The van der Waals surface area contributed by atoms with Gasteiger partial charge in [-0.05, 0) is 76.0 Å². The minimum absolute atomic E-state index is 0.0715. The zero-order valence-electron chi connectivity index (χ0n) is 23.3. The van der Waals surface area contributed by atoms with Crippen molar-refractivity contribution in [2.24, 2.45) is 5.92 Å². The normalized spacial score (nSPS) is 19.1. The highest BCUT2D eigenvalue weighted by molar-refractivity contribution is 6.30. The number of alkyl carbamates (subject to hydrolysis) is 1. The first kappa shape index (κ1) is 29.3. The number of halogens is 1. The molecule has 2 aliphatic rings. The standard InChI is InChI=1S/C31H35ClN2O6/c1-31(2,3)40-30(38)34(4)18-17-33-29(37)39-28-25(26(35)23-7-5-6-8-24(23)27(28)36)21-11-9-19(10-12-21)20-13-15-22(32)16-14-20/h5-8,13-16,19,21H,9-12,17-18H2,1-4H3,(H,33,37). The van der Waals surface area contributed by atoms with Crippen LogP contribution in [0.5, 0.6) is 0 Å². The summed E-state index contributed by atoms with van der Waals surface area (Å²) in [4.78, 5) is 53.4. The van der Waals surface area contributed by atoms with E-state index < -0.39 is 23.6 Å². The van der Waals surface area contributed by atoms with Crippen LogP contribution < -0.4 is 5.32 Å². The molecule has 0 radical (unpaired) electrons. The summed E-state index contributed by atoms with van der Waals surface area (Å²) in [5.74, 6) is -0.861. The van der Waals surface area contributed by atoms with Gasteiger partial charge in [0.05, 0.1) is 5.57 Å². The van der Waals surface area contributed by atoms with Crippen molar-refractivity contribution in [2.45, 2.75) is 58.0 Å². The van der Waals surface area contributed by atoms with Gasteiger partial charge < -0.3 is 19.7 Å². The van der Waals surface area contributed by atoms with Crippen molar-refractivity contribution in [2.75, 3.05) is 20.1 Å². The third-order valence-electron chi connectivity index (χ3n) is 7.21. The van der Waals surface area contributed by atoms with E-state index in [-0.39, 0.29) is 41.7 Å². The van der Waals surface area contributed by atoms with Gasteiger partial charge in [-0.2, -0.15) is 0 Å². The quantitative estimate of drug-likeness (QED) is 0.426. The van der Waals surface area contributed by atoms with E-state index in [1.165, 1.54) is 10.5 Å². The van der Waals surface area contributed by atoms with Crippen LogP contribution in [0.15, 0.2) is 59.9 Å². The zero-order valence-corrected chi connectivity index (χ0v) is 24.0. The van der Waals surface area contributed by atoms with Gasteiger partial charge in [0.25, 0.3) is 0 Å². The lowest BCUT2D eigenvalue weighted by Gasteiger charge is -2.32. The van der Waals surface area contributed by atoms with Gasteiger partial charge in [-0.1, -0.05) is 48.0 Å². The van der Waals surface area contributed by atoms with E-state index in [9.17, 15) is 19.2 Å². The molecule has 2 aliphatic carbocycles. The molecule has 212 valence electrons. The molecule has 1 saturated carbocycles. The first-order valence-corrected chi connectivity index (χ1v) is 13.9. The minimum atomic E-state index is -0.861. The molecule has 2 aromatic carbocycles. The number of nitrogens with one attached hydrogen (secondary N) is 1. The molecule has 1 N–H and O–H groups in total. The summed E-state index contributed by atoms with van der Waals surface area (Å²) in [5.41, 5.74) is 1.37.